The summed E-state index contributed by atoms with van der Waals surface area (Å²) in [7, 11) is 0. The molecule has 0 spiro atoms. The summed E-state index contributed by atoms with van der Waals surface area (Å²) in [5.41, 5.74) is 0. The lowest BCUT2D eigenvalue weighted by atomic mass is 10.1. The second-order valence-corrected chi connectivity index (χ2v) is 4.59. The molecule has 18 heavy (non-hydrogen) atoms. The number of anilines is 1. The predicted octanol–water partition coefficient (Wildman–Crippen LogP) is 1.35. The number of rotatable bonds is 2. The van der Waals surface area contributed by atoms with Gasteiger partial charge in [0.15, 0.2) is 11.5 Å². The van der Waals surface area contributed by atoms with Gasteiger partial charge in [0.2, 0.25) is 6.79 Å². The van der Waals surface area contributed by atoms with Crippen molar-refractivity contribution in [3.8, 4) is 11.5 Å². The smallest absolute Gasteiger partial charge is 0.231 e. The molecular weight excluding hydrogens is 230 g/mol. The number of pyridine rings is 1. The van der Waals surface area contributed by atoms with E-state index >= 15 is 0 Å². The number of aromatic nitrogens is 1. The monoisotopic (exact) mass is 243 g/mol. The van der Waals surface area contributed by atoms with Crippen LogP contribution in [0.2, 0.25) is 0 Å². The minimum atomic E-state index is 0.300. The highest BCUT2D eigenvalue weighted by Crippen LogP contribution is 2.37. The molecule has 2 aliphatic rings. The van der Waals surface area contributed by atoms with Gasteiger partial charge in [0.25, 0.3) is 0 Å². The first-order chi connectivity index (χ1) is 8.90. The third-order valence-corrected chi connectivity index (χ3v) is 3.38. The zero-order valence-corrected chi connectivity index (χ0v) is 9.77. The minimum Gasteiger partial charge on any atom is -0.454 e. The third kappa shape index (κ3) is 1.48. The molecule has 0 unspecified atom stereocenters. The van der Waals surface area contributed by atoms with Crippen molar-refractivity contribution < 1.29 is 9.47 Å². The number of hydrogen-bond acceptors (Lipinski definition) is 5. The molecule has 5 nitrogen and oxygen atoms in total. The van der Waals surface area contributed by atoms with Crippen molar-refractivity contribution in [2.45, 2.75) is 6.04 Å². The highest BCUT2D eigenvalue weighted by Gasteiger charge is 2.19. The molecule has 1 aromatic heterocycles. The lowest BCUT2D eigenvalue weighted by Gasteiger charge is -2.28. The summed E-state index contributed by atoms with van der Waals surface area (Å²) >= 11 is 0. The molecule has 1 saturated heterocycles. The molecule has 92 valence electrons. The first-order valence-electron chi connectivity index (χ1n) is 6.06. The maximum atomic E-state index is 5.42. The highest BCUT2D eigenvalue weighted by atomic mass is 16.7. The van der Waals surface area contributed by atoms with E-state index in [1.54, 1.807) is 0 Å². The van der Waals surface area contributed by atoms with E-state index in [0.29, 0.717) is 12.8 Å². The van der Waals surface area contributed by atoms with Gasteiger partial charge in [-0.3, -0.25) is 0 Å². The lowest BCUT2D eigenvalue weighted by Crippen LogP contribution is -2.51. The Balaban J connectivity index is 1.81. The van der Waals surface area contributed by atoms with Gasteiger partial charge in [-0.2, -0.15) is 0 Å². The molecule has 0 atom stereocenters. The largest absolute Gasteiger partial charge is 0.454 e. The van der Waals surface area contributed by atoms with E-state index in [1.807, 2.05) is 24.4 Å². The van der Waals surface area contributed by atoms with Crippen LogP contribution < -0.4 is 20.1 Å². The van der Waals surface area contributed by atoms with E-state index in [0.717, 1.165) is 41.2 Å². The number of fused-ring (bicyclic) bond motifs is 2. The molecule has 2 aliphatic heterocycles. The molecule has 2 aromatic rings. The summed E-state index contributed by atoms with van der Waals surface area (Å²) in [6, 6.07) is 6.46. The number of ether oxygens (including phenoxy) is 2. The highest BCUT2D eigenvalue weighted by molar-refractivity contribution is 5.94. The van der Waals surface area contributed by atoms with Gasteiger partial charge in [-0.1, -0.05) is 0 Å². The van der Waals surface area contributed by atoms with Crippen molar-refractivity contribution in [2.75, 3.05) is 25.2 Å². The molecule has 5 heteroatoms. The zero-order chi connectivity index (χ0) is 11.9. The molecule has 0 radical (unpaired) electrons. The second-order valence-electron chi connectivity index (χ2n) is 4.59. The number of hydrogen-bond donors (Lipinski definition) is 2. The molecule has 0 saturated carbocycles. The Kier molecular flexibility index (Phi) is 2.07. The Morgan fingerprint density at radius 2 is 2.06 bits per heavy atom. The molecule has 3 heterocycles. The first kappa shape index (κ1) is 9.96. The minimum absolute atomic E-state index is 0.300. The van der Waals surface area contributed by atoms with Crippen molar-refractivity contribution >= 4 is 16.6 Å². The van der Waals surface area contributed by atoms with Gasteiger partial charge in [0.1, 0.15) is 5.82 Å². The molecule has 4 rings (SSSR count). The summed E-state index contributed by atoms with van der Waals surface area (Å²) in [5.74, 6) is 2.52. The van der Waals surface area contributed by atoms with Gasteiger partial charge in [0.05, 0.1) is 6.04 Å². The van der Waals surface area contributed by atoms with Crippen LogP contribution in [0.15, 0.2) is 24.4 Å². The predicted molar refractivity (Wildman–Crippen MR) is 68.1 cm³/mol. The summed E-state index contributed by atoms with van der Waals surface area (Å²) < 4.78 is 10.8. The average molecular weight is 243 g/mol. The topological polar surface area (TPSA) is 55.4 Å². The Morgan fingerprint density at radius 1 is 1.22 bits per heavy atom. The van der Waals surface area contributed by atoms with Crippen LogP contribution in [0.5, 0.6) is 11.5 Å². The summed E-state index contributed by atoms with van der Waals surface area (Å²) in [4.78, 5) is 4.42. The number of nitrogens with one attached hydrogen (secondary N) is 2. The maximum absolute atomic E-state index is 5.42. The maximum Gasteiger partial charge on any atom is 0.231 e. The standard InChI is InChI=1S/C13H13N3O2/c1-2-15-13(16-9-5-14-6-9)10-4-12-11(3-8(1)10)17-7-18-12/h1-4,9,14H,5-7H2,(H,15,16). The normalized spacial score (nSPS) is 17.8. The van der Waals surface area contributed by atoms with E-state index < -0.39 is 0 Å². The Labute approximate surface area is 104 Å². The van der Waals surface area contributed by atoms with Gasteiger partial charge < -0.3 is 20.1 Å². The van der Waals surface area contributed by atoms with Crippen LogP contribution in [0.4, 0.5) is 5.82 Å². The molecule has 0 amide bonds. The second kappa shape index (κ2) is 3.74. The first-order valence-corrected chi connectivity index (χ1v) is 6.06. The van der Waals surface area contributed by atoms with Crippen molar-refractivity contribution in [3.63, 3.8) is 0 Å². The van der Waals surface area contributed by atoms with Crippen molar-refractivity contribution in [3.05, 3.63) is 24.4 Å². The van der Waals surface area contributed by atoms with Crippen molar-refractivity contribution in [1.29, 1.82) is 0 Å². The van der Waals surface area contributed by atoms with Crippen LogP contribution in [-0.2, 0) is 0 Å². The Morgan fingerprint density at radius 3 is 2.83 bits per heavy atom. The van der Waals surface area contributed by atoms with Gasteiger partial charge in [-0.25, -0.2) is 4.98 Å². The SMILES string of the molecule is c1cc2cc3c(cc2c(NC2CNC2)n1)OCO3. The molecule has 1 aromatic carbocycles. The Hall–Kier alpha value is -2.01. The third-order valence-electron chi connectivity index (χ3n) is 3.38. The van der Waals surface area contributed by atoms with E-state index in [2.05, 4.69) is 15.6 Å². The molecular formula is C13H13N3O2. The summed E-state index contributed by atoms with van der Waals surface area (Å²) in [6.07, 6.45) is 1.82. The van der Waals surface area contributed by atoms with Crippen LogP contribution in [-0.4, -0.2) is 30.9 Å². The quantitative estimate of drug-likeness (QED) is 0.833. The van der Waals surface area contributed by atoms with E-state index in [9.17, 15) is 0 Å². The van der Waals surface area contributed by atoms with Gasteiger partial charge >= 0.3 is 0 Å². The van der Waals surface area contributed by atoms with E-state index in [4.69, 9.17) is 9.47 Å². The van der Waals surface area contributed by atoms with Crippen LogP contribution in [0, 0.1) is 0 Å². The Bertz CT molecular complexity index is 610. The van der Waals surface area contributed by atoms with Crippen LogP contribution >= 0.6 is 0 Å². The molecule has 0 bridgehead atoms. The fourth-order valence-corrected chi connectivity index (χ4v) is 2.26. The van der Waals surface area contributed by atoms with Crippen LogP contribution in [0.1, 0.15) is 0 Å². The zero-order valence-electron chi connectivity index (χ0n) is 9.77. The van der Waals surface area contributed by atoms with E-state index in [-0.39, 0.29) is 0 Å². The van der Waals surface area contributed by atoms with Crippen molar-refractivity contribution in [1.82, 2.24) is 10.3 Å². The van der Waals surface area contributed by atoms with Crippen LogP contribution in [0.3, 0.4) is 0 Å². The molecule has 0 aliphatic carbocycles. The van der Waals surface area contributed by atoms with Gasteiger partial charge in [-0.15, -0.1) is 0 Å². The summed E-state index contributed by atoms with van der Waals surface area (Å²) in [6.45, 7) is 2.28. The average Bonchev–Trinajstić information content (AvgIpc) is 2.78. The lowest BCUT2D eigenvalue weighted by molar-refractivity contribution is 0.174. The molecule has 2 N–H and O–H groups in total. The van der Waals surface area contributed by atoms with Crippen LogP contribution in [0.25, 0.3) is 10.8 Å². The number of nitrogens with zero attached hydrogens (tertiary/aromatic N) is 1. The van der Waals surface area contributed by atoms with Gasteiger partial charge in [-0.05, 0) is 23.6 Å². The fraction of sp³-hybridized carbons (Fsp3) is 0.308. The van der Waals surface area contributed by atoms with Gasteiger partial charge in [0, 0.05) is 24.7 Å². The van der Waals surface area contributed by atoms with Crippen molar-refractivity contribution in [2.24, 2.45) is 0 Å². The number of benzene rings is 1. The van der Waals surface area contributed by atoms with E-state index in [1.165, 1.54) is 0 Å². The molecule has 1 fully saturated rings. The summed E-state index contributed by atoms with van der Waals surface area (Å²) in [5, 5.41) is 8.87. The fourth-order valence-electron chi connectivity index (χ4n) is 2.26.